The van der Waals surface area contributed by atoms with E-state index in [1.807, 2.05) is 0 Å². The summed E-state index contributed by atoms with van der Waals surface area (Å²) in [6.07, 6.45) is 9.45. The molecule has 0 amide bonds. The molecule has 0 aliphatic carbocycles. The lowest BCUT2D eigenvalue weighted by Crippen LogP contribution is -2.24. The van der Waals surface area contributed by atoms with Crippen molar-refractivity contribution in [2.24, 2.45) is 5.92 Å². The van der Waals surface area contributed by atoms with Gasteiger partial charge in [0.05, 0.1) is 12.2 Å². The third-order valence-electron chi connectivity index (χ3n) is 3.08. The van der Waals surface area contributed by atoms with E-state index in [0.717, 1.165) is 5.92 Å². The Morgan fingerprint density at radius 2 is 1.82 bits per heavy atom. The average molecular weight is 154 g/mol. The zero-order valence-electron chi connectivity index (χ0n) is 7.38. The second-order valence-corrected chi connectivity index (χ2v) is 4.08. The Hall–Kier alpha value is -0.0400. The summed E-state index contributed by atoms with van der Waals surface area (Å²) in [7, 11) is 0. The maximum absolute atomic E-state index is 5.77. The molecule has 1 nitrogen and oxygen atoms in total. The van der Waals surface area contributed by atoms with Gasteiger partial charge in [-0.1, -0.05) is 19.8 Å². The Kier molecular flexibility index (Phi) is 2.17. The number of rotatable bonds is 2. The summed E-state index contributed by atoms with van der Waals surface area (Å²) >= 11 is 0. The smallest absolute Gasteiger partial charge is 0.0582 e. The van der Waals surface area contributed by atoms with E-state index in [-0.39, 0.29) is 0 Å². The quantitative estimate of drug-likeness (QED) is 0.594. The number of ether oxygens (including phenoxy) is 1. The third-order valence-corrected chi connectivity index (χ3v) is 3.08. The summed E-state index contributed by atoms with van der Waals surface area (Å²) in [5.74, 6) is 0.992. The van der Waals surface area contributed by atoms with Gasteiger partial charge in [-0.2, -0.15) is 0 Å². The van der Waals surface area contributed by atoms with Gasteiger partial charge in [0.15, 0.2) is 0 Å². The molecule has 2 saturated heterocycles. The first-order valence-corrected chi connectivity index (χ1v) is 5.04. The standard InChI is InChI=1S/C10H18O/c1-2-3-8-6-9-4-5-10(7-8)11-9/h8-10H,2-7H2,1H3. The fourth-order valence-corrected chi connectivity index (χ4v) is 2.61. The van der Waals surface area contributed by atoms with Crippen molar-refractivity contribution in [3.8, 4) is 0 Å². The van der Waals surface area contributed by atoms with Gasteiger partial charge in [0.2, 0.25) is 0 Å². The average Bonchev–Trinajstić information content (AvgIpc) is 2.32. The fraction of sp³-hybridized carbons (Fsp3) is 1.00. The van der Waals surface area contributed by atoms with Crippen molar-refractivity contribution in [3.63, 3.8) is 0 Å². The molecule has 2 atom stereocenters. The molecular weight excluding hydrogens is 136 g/mol. The molecule has 0 saturated carbocycles. The van der Waals surface area contributed by atoms with Crippen LogP contribution in [-0.2, 0) is 4.74 Å². The van der Waals surface area contributed by atoms with Gasteiger partial charge in [0.25, 0.3) is 0 Å². The van der Waals surface area contributed by atoms with Gasteiger partial charge in [-0.25, -0.2) is 0 Å². The van der Waals surface area contributed by atoms with E-state index < -0.39 is 0 Å². The highest BCUT2D eigenvalue weighted by Crippen LogP contribution is 2.37. The van der Waals surface area contributed by atoms with E-state index >= 15 is 0 Å². The van der Waals surface area contributed by atoms with Crippen LogP contribution in [0.1, 0.15) is 45.4 Å². The fourth-order valence-electron chi connectivity index (χ4n) is 2.61. The largest absolute Gasteiger partial charge is 0.375 e. The van der Waals surface area contributed by atoms with Crippen LogP contribution in [0.15, 0.2) is 0 Å². The Morgan fingerprint density at radius 3 is 2.36 bits per heavy atom. The van der Waals surface area contributed by atoms with E-state index in [2.05, 4.69) is 6.92 Å². The molecule has 11 heavy (non-hydrogen) atoms. The van der Waals surface area contributed by atoms with E-state index in [4.69, 9.17) is 4.74 Å². The van der Waals surface area contributed by atoms with Crippen molar-refractivity contribution in [1.82, 2.24) is 0 Å². The Bertz CT molecular complexity index is 121. The van der Waals surface area contributed by atoms with Crippen LogP contribution in [0, 0.1) is 5.92 Å². The molecule has 1 heteroatoms. The van der Waals surface area contributed by atoms with E-state index in [1.165, 1.54) is 38.5 Å². The third kappa shape index (κ3) is 1.58. The first-order valence-electron chi connectivity index (χ1n) is 5.04. The van der Waals surface area contributed by atoms with Gasteiger partial charge in [0.1, 0.15) is 0 Å². The molecule has 2 aliphatic rings. The summed E-state index contributed by atoms with van der Waals surface area (Å²) in [5, 5.41) is 0. The van der Waals surface area contributed by atoms with Crippen LogP contribution in [0.4, 0.5) is 0 Å². The minimum absolute atomic E-state index is 0.644. The molecule has 0 N–H and O–H groups in total. The normalized spacial score (nSPS) is 42.8. The van der Waals surface area contributed by atoms with Gasteiger partial charge in [-0.3, -0.25) is 0 Å². The minimum Gasteiger partial charge on any atom is -0.375 e. The molecule has 64 valence electrons. The number of fused-ring (bicyclic) bond motifs is 2. The van der Waals surface area contributed by atoms with Crippen molar-refractivity contribution >= 4 is 0 Å². The van der Waals surface area contributed by atoms with Crippen molar-refractivity contribution in [2.75, 3.05) is 0 Å². The van der Waals surface area contributed by atoms with Crippen molar-refractivity contribution < 1.29 is 4.74 Å². The molecule has 2 unspecified atom stereocenters. The van der Waals surface area contributed by atoms with Crippen LogP contribution in [0.5, 0.6) is 0 Å². The highest BCUT2D eigenvalue weighted by molar-refractivity contribution is 4.83. The van der Waals surface area contributed by atoms with Crippen LogP contribution in [0.25, 0.3) is 0 Å². The SMILES string of the molecule is CCCC1CC2CCC(C1)O2. The molecule has 2 heterocycles. The summed E-state index contributed by atoms with van der Waals surface area (Å²) < 4.78 is 5.77. The topological polar surface area (TPSA) is 9.23 Å². The van der Waals surface area contributed by atoms with Crippen molar-refractivity contribution in [2.45, 2.75) is 57.7 Å². The lowest BCUT2D eigenvalue weighted by atomic mass is 9.91. The summed E-state index contributed by atoms with van der Waals surface area (Å²) in [6.45, 7) is 2.29. The lowest BCUT2D eigenvalue weighted by Gasteiger charge is -2.27. The van der Waals surface area contributed by atoms with Crippen molar-refractivity contribution in [1.29, 1.82) is 0 Å². The van der Waals surface area contributed by atoms with Gasteiger partial charge in [-0.05, 0) is 31.6 Å². The van der Waals surface area contributed by atoms with Crippen LogP contribution in [0.2, 0.25) is 0 Å². The summed E-state index contributed by atoms with van der Waals surface area (Å²) in [5.41, 5.74) is 0. The highest BCUT2D eigenvalue weighted by Gasteiger charge is 2.34. The van der Waals surface area contributed by atoms with Crippen LogP contribution >= 0.6 is 0 Å². The molecule has 2 rings (SSSR count). The minimum atomic E-state index is 0.644. The highest BCUT2D eigenvalue weighted by atomic mass is 16.5. The summed E-state index contributed by atoms with van der Waals surface area (Å²) in [6, 6.07) is 0. The monoisotopic (exact) mass is 154 g/mol. The molecule has 2 fully saturated rings. The number of hydrogen-bond acceptors (Lipinski definition) is 1. The predicted molar refractivity (Wildman–Crippen MR) is 45.5 cm³/mol. The van der Waals surface area contributed by atoms with E-state index in [0.29, 0.717) is 12.2 Å². The lowest BCUT2D eigenvalue weighted by molar-refractivity contribution is -0.0209. The molecule has 0 aromatic rings. The predicted octanol–water partition coefficient (Wildman–Crippen LogP) is 2.74. The van der Waals surface area contributed by atoms with Gasteiger partial charge in [-0.15, -0.1) is 0 Å². The van der Waals surface area contributed by atoms with Gasteiger partial charge in [0, 0.05) is 0 Å². The van der Waals surface area contributed by atoms with Gasteiger partial charge < -0.3 is 4.74 Å². The van der Waals surface area contributed by atoms with Gasteiger partial charge >= 0.3 is 0 Å². The second-order valence-electron chi connectivity index (χ2n) is 4.08. The molecule has 0 spiro atoms. The summed E-state index contributed by atoms with van der Waals surface area (Å²) in [4.78, 5) is 0. The zero-order chi connectivity index (χ0) is 7.68. The Morgan fingerprint density at radius 1 is 1.18 bits per heavy atom. The zero-order valence-corrected chi connectivity index (χ0v) is 7.38. The molecule has 2 bridgehead atoms. The first-order chi connectivity index (χ1) is 5.38. The van der Waals surface area contributed by atoms with Crippen LogP contribution in [0.3, 0.4) is 0 Å². The molecule has 0 aromatic heterocycles. The first kappa shape index (κ1) is 7.60. The van der Waals surface area contributed by atoms with Crippen molar-refractivity contribution in [3.05, 3.63) is 0 Å². The van der Waals surface area contributed by atoms with Crippen LogP contribution in [-0.4, -0.2) is 12.2 Å². The molecular formula is C10H18O. The maximum atomic E-state index is 5.77. The molecule has 0 aromatic carbocycles. The molecule has 0 radical (unpaired) electrons. The second kappa shape index (κ2) is 3.14. The number of hydrogen-bond donors (Lipinski definition) is 0. The van der Waals surface area contributed by atoms with E-state index in [1.54, 1.807) is 0 Å². The Balaban J connectivity index is 1.87. The molecule has 2 aliphatic heterocycles. The maximum Gasteiger partial charge on any atom is 0.0582 e. The Labute approximate surface area is 69.1 Å². The van der Waals surface area contributed by atoms with Crippen LogP contribution < -0.4 is 0 Å². The van der Waals surface area contributed by atoms with E-state index in [9.17, 15) is 0 Å².